The molecule has 1 aliphatic carbocycles. The van der Waals surface area contributed by atoms with Crippen molar-refractivity contribution in [1.82, 2.24) is 0 Å². The van der Waals surface area contributed by atoms with E-state index >= 15 is 0 Å². The molecule has 0 bridgehead atoms. The van der Waals surface area contributed by atoms with Gasteiger partial charge in [-0.2, -0.15) is 0 Å². The van der Waals surface area contributed by atoms with Gasteiger partial charge in [0.05, 0.1) is 0 Å². The summed E-state index contributed by atoms with van der Waals surface area (Å²) < 4.78 is 6.20. The number of rotatable bonds is 9. The van der Waals surface area contributed by atoms with E-state index in [9.17, 15) is 9.59 Å². The van der Waals surface area contributed by atoms with Gasteiger partial charge < -0.3 is 4.43 Å². The largest absolute Gasteiger partial charge is 0.518 e. The fraction of sp³-hybridized carbons (Fsp3) is 0.905. The highest BCUT2D eigenvalue weighted by molar-refractivity contribution is 6.78. The second kappa shape index (κ2) is 9.34. The average Bonchev–Trinajstić information content (AvgIpc) is 2.48. The summed E-state index contributed by atoms with van der Waals surface area (Å²) in [5.74, 6) is 0.405. The number of carbonyl (C=O) groups excluding carboxylic acids is 2. The number of Topliss-reactive ketones (excluding diaryl/α,β-unsaturated/α-hetero) is 1. The maximum Gasteiger partial charge on any atom is 0.292 e. The Kier molecular flexibility index (Phi) is 8.37. The molecule has 1 fully saturated rings. The second-order valence-electron chi connectivity index (χ2n) is 9.38. The summed E-state index contributed by atoms with van der Waals surface area (Å²) in [6.45, 7) is 15.5. The topological polar surface area (TPSA) is 43.4 Å². The number of hydrogen-bond acceptors (Lipinski definition) is 3. The van der Waals surface area contributed by atoms with E-state index in [2.05, 4.69) is 48.5 Å². The first-order chi connectivity index (χ1) is 11.5. The van der Waals surface area contributed by atoms with Gasteiger partial charge in [-0.3, -0.25) is 9.59 Å². The lowest BCUT2D eigenvalue weighted by atomic mass is 9.72. The first-order valence-electron chi connectivity index (χ1n) is 10.3. The van der Waals surface area contributed by atoms with E-state index in [1.165, 1.54) is 0 Å². The van der Waals surface area contributed by atoms with Crippen LogP contribution >= 0.6 is 0 Å². The molecule has 0 radical (unpaired) electrons. The first kappa shape index (κ1) is 22.4. The molecule has 0 aromatic rings. The van der Waals surface area contributed by atoms with Crippen LogP contribution in [0.1, 0.15) is 99.8 Å². The van der Waals surface area contributed by atoms with E-state index in [0.29, 0.717) is 28.8 Å². The molecule has 0 amide bonds. The molecule has 1 aliphatic rings. The number of unbranched alkanes of at least 4 members (excludes halogenated alkanes) is 1. The van der Waals surface area contributed by atoms with Crippen molar-refractivity contribution in [3.05, 3.63) is 0 Å². The molecule has 1 atom stereocenters. The summed E-state index contributed by atoms with van der Waals surface area (Å²) in [7, 11) is -2.10. The number of carbonyl (C=O) groups is 2. The highest BCUT2D eigenvalue weighted by atomic mass is 28.4. The van der Waals surface area contributed by atoms with Gasteiger partial charge in [0.1, 0.15) is 5.78 Å². The molecule has 0 saturated heterocycles. The zero-order chi connectivity index (χ0) is 19.3. The molecule has 1 rings (SSSR count). The molecule has 0 N–H and O–H groups in total. The number of hydrogen-bond donors (Lipinski definition) is 0. The highest BCUT2D eigenvalue weighted by Crippen LogP contribution is 2.43. The quantitative estimate of drug-likeness (QED) is 0.348. The van der Waals surface area contributed by atoms with Gasteiger partial charge in [0.2, 0.25) is 0 Å². The third-order valence-electron chi connectivity index (χ3n) is 6.27. The molecule has 1 saturated carbocycles. The van der Waals surface area contributed by atoms with Crippen LogP contribution in [0.25, 0.3) is 0 Å². The van der Waals surface area contributed by atoms with Crippen molar-refractivity contribution in [2.75, 3.05) is 0 Å². The highest BCUT2D eigenvalue weighted by Gasteiger charge is 2.48. The fourth-order valence-corrected chi connectivity index (χ4v) is 10.2. The van der Waals surface area contributed by atoms with Crippen molar-refractivity contribution in [2.45, 2.75) is 116 Å². The van der Waals surface area contributed by atoms with Crippen molar-refractivity contribution in [3.63, 3.8) is 0 Å². The third-order valence-corrected chi connectivity index (χ3v) is 12.3. The van der Waals surface area contributed by atoms with Crippen molar-refractivity contribution >= 4 is 20.1 Å². The molecule has 0 spiro atoms. The zero-order valence-electron chi connectivity index (χ0n) is 17.6. The van der Waals surface area contributed by atoms with Gasteiger partial charge in [-0.05, 0) is 47.7 Å². The molecule has 0 aromatic carbocycles. The average molecular weight is 369 g/mol. The first-order valence-corrected chi connectivity index (χ1v) is 12.4. The third kappa shape index (κ3) is 5.94. The van der Waals surface area contributed by atoms with Gasteiger partial charge in [0.25, 0.3) is 14.3 Å². The van der Waals surface area contributed by atoms with E-state index in [0.717, 1.165) is 44.9 Å². The Bertz CT molecular complexity index is 434. The van der Waals surface area contributed by atoms with Gasteiger partial charge in [0, 0.05) is 19.3 Å². The molecule has 4 heteroatoms. The maximum absolute atomic E-state index is 12.5. The van der Waals surface area contributed by atoms with Crippen LogP contribution in [-0.2, 0) is 14.0 Å². The SMILES string of the molecule is CC(C)[Si](OC(=O)CCCCC1(C)CCCC(=O)C1)(C(C)C)C(C)C. The smallest absolute Gasteiger partial charge is 0.292 e. The normalized spacial score (nSPS) is 22.1. The van der Waals surface area contributed by atoms with Crippen LogP contribution in [-0.4, -0.2) is 20.1 Å². The second-order valence-corrected chi connectivity index (χ2v) is 14.8. The zero-order valence-corrected chi connectivity index (χ0v) is 18.6. The predicted octanol–water partition coefficient (Wildman–Crippen LogP) is 6.41. The van der Waals surface area contributed by atoms with E-state index in [1.54, 1.807) is 0 Å². The summed E-state index contributed by atoms with van der Waals surface area (Å²) in [5.41, 5.74) is 1.46. The molecular formula is C21H40O3Si. The van der Waals surface area contributed by atoms with Crippen LogP contribution in [0.4, 0.5) is 0 Å². The summed E-state index contributed by atoms with van der Waals surface area (Å²) >= 11 is 0. The fourth-order valence-electron chi connectivity index (χ4n) is 5.00. The van der Waals surface area contributed by atoms with E-state index in [1.807, 2.05) is 0 Å². The lowest BCUT2D eigenvalue weighted by Gasteiger charge is -2.41. The van der Waals surface area contributed by atoms with Gasteiger partial charge in [-0.15, -0.1) is 0 Å². The number of ketones is 1. The van der Waals surface area contributed by atoms with Gasteiger partial charge in [-0.25, -0.2) is 0 Å². The van der Waals surface area contributed by atoms with Gasteiger partial charge in [-0.1, -0.05) is 54.9 Å². The van der Waals surface area contributed by atoms with E-state index in [-0.39, 0.29) is 11.4 Å². The molecule has 3 nitrogen and oxygen atoms in total. The van der Waals surface area contributed by atoms with Crippen LogP contribution in [0, 0.1) is 5.41 Å². The van der Waals surface area contributed by atoms with Gasteiger partial charge >= 0.3 is 0 Å². The Balaban J connectivity index is 2.49. The summed E-state index contributed by atoms with van der Waals surface area (Å²) in [6, 6.07) is 0. The maximum atomic E-state index is 12.5. The van der Waals surface area contributed by atoms with Crippen molar-refractivity contribution in [3.8, 4) is 0 Å². The Morgan fingerprint density at radius 2 is 1.64 bits per heavy atom. The molecule has 0 aromatic heterocycles. The molecule has 25 heavy (non-hydrogen) atoms. The molecule has 0 aliphatic heterocycles. The molecule has 0 heterocycles. The minimum atomic E-state index is -2.10. The Hall–Kier alpha value is -0.643. The van der Waals surface area contributed by atoms with Crippen LogP contribution in [0.5, 0.6) is 0 Å². The molecule has 146 valence electrons. The van der Waals surface area contributed by atoms with Crippen LogP contribution in [0.2, 0.25) is 16.6 Å². The Labute approximate surface area is 156 Å². The van der Waals surface area contributed by atoms with Gasteiger partial charge in [0.15, 0.2) is 0 Å². The van der Waals surface area contributed by atoms with Crippen molar-refractivity contribution in [1.29, 1.82) is 0 Å². The Morgan fingerprint density at radius 3 is 2.12 bits per heavy atom. The summed E-state index contributed by atoms with van der Waals surface area (Å²) in [4.78, 5) is 24.2. The van der Waals surface area contributed by atoms with Crippen LogP contribution in [0.3, 0.4) is 0 Å². The lowest BCUT2D eigenvalue weighted by Crippen LogP contribution is -2.49. The summed E-state index contributed by atoms with van der Waals surface area (Å²) in [5, 5.41) is 0. The minimum absolute atomic E-state index is 0.00681. The van der Waals surface area contributed by atoms with Crippen molar-refractivity contribution < 1.29 is 14.0 Å². The molecule has 1 unspecified atom stereocenters. The van der Waals surface area contributed by atoms with E-state index < -0.39 is 8.32 Å². The molecular weight excluding hydrogens is 328 g/mol. The minimum Gasteiger partial charge on any atom is -0.518 e. The van der Waals surface area contributed by atoms with Crippen LogP contribution < -0.4 is 0 Å². The monoisotopic (exact) mass is 368 g/mol. The van der Waals surface area contributed by atoms with Crippen molar-refractivity contribution in [2.24, 2.45) is 5.41 Å². The van der Waals surface area contributed by atoms with Crippen LogP contribution in [0.15, 0.2) is 0 Å². The van der Waals surface area contributed by atoms with E-state index in [4.69, 9.17) is 4.43 Å². The summed E-state index contributed by atoms with van der Waals surface area (Å²) in [6.07, 6.45) is 7.11. The predicted molar refractivity (Wildman–Crippen MR) is 107 cm³/mol. The Morgan fingerprint density at radius 1 is 1.08 bits per heavy atom. The standard InChI is InChI=1S/C21H40O3Si/c1-16(2)25(17(3)4,18(5)6)24-20(23)12-8-9-13-21(7)14-10-11-19(22)15-21/h16-18H,8-15H2,1-7H3. The lowest BCUT2D eigenvalue weighted by molar-refractivity contribution is -0.136.